The summed E-state index contributed by atoms with van der Waals surface area (Å²) in [4.78, 5) is 11.7. The van der Waals surface area contributed by atoms with Crippen molar-refractivity contribution in [1.29, 1.82) is 0 Å². The summed E-state index contributed by atoms with van der Waals surface area (Å²) < 4.78 is 17.9. The average molecular weight is 265 g/mol. The lowest BCUT2D eigenvalue weighted by atomic mass is 9.68. The topological polar surface area (TPSA) is 38.3 Å². The molecule has 0 aliphatic heterocycles. The molecule has 1 N–H and O–H groups in total. The van der Waals surface area contributed by atoms with Crippen LogP contribution in [0.5, 0.6) is 0 Å². The quantitative estimate of drug-likeness (QED) is 0.633. The fourth-order valence-corrected chi connectivity index (χ4v) is 2.53. The van der Waals surface area contributed by atoms with Crippen LogP contribution in [0.15, 0.2) is 24.3 Å². The van der Waals surface area contributed by atoms with Crippen molar-refractivity contribution in [1.82, 2.24) is 5.32 Å². The lowest BCUT2D eigenvalue weighted by Crippen LogP contribution is -2.47. The standard InChI is InChI=1S/C15H20FNO2/c1-19-14(18)15(7-3-8-15)11-17-9-6-12-4-2-5-13(16)10-12/h2,4-5,10,17H,3,6-9,11H2,1H3. The molecule has 104 valence electrons. The number of ether oxygens (including phenoxy) is 1. The van der Waals surface area contributed by atoms with Crippen molar-refractivity contribution in [3.63, 3.8) is 0 Å². The van der Waals surface area contributed by atoms with Gasteiger partial charge in [-0.1, -0.05) is 18.6 Å². The largest absolute Gasteiger partial charge is 0.469 e. The molecule has 0 radical (unpaired) electrons. The molecule has 1 aliphatic carbocycles. The molecule has 2 rings (SSSR count). The first kappa shape index (κ1) is 14.0. The zero-order valence-electron chi connectivity index (χ0n) is 11.2. The first-order valence-corrected chi connectivity index (χ1v) is 6.70. The van der Waals surface area contributed by atoms with Gasteiger partial charge in [-0.05, 0) is 43.5 Å². The van der Waals surface area contributed by atoms with Gasteiger partial charge in [-0.2, -0.15) is 0 Å². The summed E-state index contributed by atoms with van der Waals surface area (Å²) in [5, 5.41) is 3.29. The zero-order chi connectivity index (χ0) is 13.7. The van der Waals surface area contributed by atoms with Gasteiger partial charge < -0.3 is 10.1 Å². The highest BCUT2D eigenvalue weighted by atomic mass is 19.1. The summed E-state index contributed by atoms with van der Waals surface area (Å²) in [5.41, 5.74) is 0.643. The predicted molar refractivity (Wildman–Crippen MR) is 71.3 cm³/mol. The van der Waals surface area contributed by atoms with Gasteiger partial charge in [0.05, 0.1) is 12.5 Å². The second kappa shape index (κ2) is 6.15. The summed E-state index contributed by atoms with van der Waals surface area (Å²) in [5.74, 6) is -0.320. The van der Waals surface area contributed by atoms with E-state index in [1.165, 1.54) is 13.2 Å². The third kappa shape index (κ3) is 3.32. The summed E-state index contributed by atoms with van der Waals surface area (Å²) in [7, 11) is 1.44. The fraction of sp³-hybridized carbons (Fsp3) is 0.533. The Labute approximate surface area is 113 Å². The van der Waals surface area contributed by atoms with Crippen molar-refractivity contribution >= 4 is 5.97 Å². The number of hydrogen-bond acceptors (Lipinski definition) is 3. The maximum Gasteiger partial charge on any atom is 0.313 e. The van der Waals surface area contributed by atoms with Crippen LogP contribution in [0.2, 0.25) is 0 Å². The number of methoxy groups -OCH3 is 1. The van der Waals surface area contributed by atoms with E-state index in [1.807, 2.05) is 6.07 Å². The van der Waals surface area contributed by atoms with E-state index in [-0.39, 0.29) is 17.2 Å². The fourth-order valence-electron chi connectivity index (χ4n) is 2.53. The molecule has 0 aromatic heterocycles. The van der Waals surface area contributed by atoms with Gasteiger partial charge in [0.1, 0.15) is 5.82 Å². The SMILES string of the molecule is COC(=O)C1(CNCCc2cccc(F)c2)CCC1. The van der Waals surface area contributed by atoms with Crippen LogP contribution in [-0.2, 0) is 16.0 Å². The average Bonchev–Trinajstić information content (AvgIpc) is 2.36. The number of nitrogens with one attached hydrogen (secondary N) is 1. The molecular formula is C15H20FNO2. The van der Waals surface area contributed by atoms with E-state index in [2.05, 4.69) is 5.32 Å². The number of benzene rings is 1. The molecule has 0 spiro atoms. The van der Waals surface area contributed by atoms with E-state index < -0.39 is 0 Å². The molecular weight excluding hydrogens is 245 g/mol. The smallest absolute Gasteiger partial charge is 0.313 e. The minimum Gasteiger partial charge on any atom is -0.469 e. The van der Waals surface area contributed by atoms with Crippen molar-refractivity contribution < 1.29 is 13.9 Å². The van der Waals surface area contributed by atoms with E-state index in [0.29, 0.717) is 6.54 Å². The van der Waals surface area contributed by atoms with Crippen LogP contribution in [0, 0.1) is 11.2 Å². The van der Waals surface area contributed by atoms with Crippen molar-refractivity contribution in [2.24, 2.45) is 5.41 Å². The first-order chi connectivity index (χ1) is 9.16. The van der Waals surface area contributed by atoms with Gasteiger partial charge >= 0.3 is 5.97 Å². The molecule has 0 unspecified atom stereocenters. The maximum absolute atomic E-state index is 13.0. The highest BCUT2D eigenvalue weighted by Crippen LogP contribution is 2.41. The Morgan fingerprint density at radius 3 is 2.84 bits per heavy atom. The lowest BCUT2D eigenvalue weighted by Gasteiger charge is -2.39. The highest BCUT2D eigenvalue weighted by molar-refractivity contribution is 5.78. The number of carbonyl (C=O) groups excluding carboxylic acids is 1. The van der Waals surface area contributed by atoms with Crippen molar-refractivity contribution in [2.75, 3.05) is 20.2 Å². The Bertz CT molecular complexity index is 444. The molecule has 0 heterocycles. The van der Waals surface area contributed by atoms with Crippen LogP contribution < -0.4 is 5.32 Å². The van der Waals surface area contributed by atoms with Gasteiger partial charge in [0.25, 0.3) is 0 Å². The molecule has 3 nitrogen and oxygen atoms in total. The summed E-state index contributed by atoms with van der Waals surface area (Å²) in [6, 6.07) is 6.61. The van der Waals surface area contributed by atoms with Crippen molar-refractivity contribution in [3.05, 3.63) is 35.6 Å². The van der Waals surface area contributed by atoms with Gasteiger partial charge in [0.2, 0.25) is 0 Å². The van der Waals surface area contributed by atoms with Gasteiger partial charge in [-0.25, -0.2) is 4.39 Å². The minimum atomic E-state index is -0.323. The minimum absolute atomic E-state index is 0.114. The lowest BCUT2D eigenvalue weighted by molar-refractivity contribution is -0.158. The second-order valence-corrected chi connectivity index (χ2v) is 5.18. The zero-order valence-corrected chi connectivity index (χ0v) is 11.2. The van der Waals surface area contributed by atoms with E-state index in [1.54, 1.807) is 12.1 Å². The summed E-state index contributed by atoms with van der Waals surface area (Å²) in [6.45, 7) is 1.39. The summed E-state index contributed by atoms with van der Waals surface area (Å²) >= 11 is 0. The van der Waals surface area contributed by atoms with Crippen LogP contribution in [0.4, 0.5) is 4.39 Å². The normalized spacial score (nSPS) is 16.7. The molecule has 0 bridgehead atoms. The third-order valence-electron chi connectivity index (χ3n) is 3.87. The molecule has 4 heteroatoms. The monoisotopic (exact) mass is 265 g/mol. The Morgan fingerprint density at radius 1 is 1.47 bits per heavy atom. The molecule has 1 aromatic rings. The number of halogens is 1. The van der Waals surface area contributed by atoms with Crippen LogP contribution in [0.3, 0.4) is 0 Å². The molecule has 0 atom stereocenters. The van der Waals surface area contributed by atoms with E-state index in [4.69, 9.17) is 4.74 Å². The Kier molecular flexibility index (Phi) is 4.53. The molecule has 1 aromatic carbocycles. The highest BCUT2D eigenvalue weighted by Gasteiger charge is 2.44. The predicted octanol–water partition coefficient (Wildman–Crippen LogP) is 2.30. The van der Waals surface area contributed by atoms with Crippen LogP contribution in [-0.4, -0.2) is 26.2 Å². The molecule has 1 aliphatic rings. The number of hydrogen-bond donors (Lipinski definition) is 1. The maximum atomic E-state index is 13.0. The Hall–Kier alpha value is -1.42. The van der Waals surface area contributed by atoms with Crippen LogP contribution >= 0.6 is 0 Å². The van der Waals surface area contributed by atoms with Crippen LogP contribution in [0.1, 0.15) is 24.8 Å². The van der Waals surface area contributed by atoms with Gasteiger partial charge in [-0.15, -0.1) is 0 Å². The first-order valence-electron chi connectivity index (χ1n) is 6.70. The van der Waals surface area contributed by atoms with Crippen LogP contribution in [0.25, 0.3) is 0 Å². The Morgan fingerprint density at radius 2 is 2.26 bits per heavy atom. The second-order valence-electron chi connectivity index (χ2n) is 5.18. The molecule has 0 saturated heterocycles. The van der Waals surface area contributed by atoms with Crippen molar-refractivity contribution in [3.8, 4) is 0 Å². The van der Waals surface area contributed by atoms with Gasteiger partial charge in [0, 0.05) is 6.54 Å². The molecule has 0 amide bonds. The summed E-state index contributed by atoms with van der Waals surface area (Å²) in [6.07, 6.45) is 3.63. The molecule has 19 heavy (non-hydrogen) atoms. The van der Waals surface area contributed by atoms with Crippen molar-refractivity contribution in [2.45, 2.75) is 25.7 Å². The van der Waals surface area contributed by atoms with E-state index in [0.717, 1.165) is 37.8 Å². The van der Waals surface area contributed by atoms with Gasteiger partial charge in [-0.3, -0.25) is 4.79 Å². The number of rotatable bonds is 6. The Balaban J connectivity index is 1.76. The number of carbonyl (C=O) groups is 1. The van der Waals surface area contributed by atoms with E-state index in [9.17, 15) is 9.18 Å². The third-order valence-corrected chi connectivity index (χ3v) is 3.87. The van der Waals surface area contributed by atoms with Gasteiger partial charge in [0.15, 0.2) is 0 Å². The van der Waals surface area contributed by atoms with E-state index >= 15 is 0 Å². The number of esters is 1. The molecule has 1 fully saturated rings. The molecule has 1 saturated carbocycles.